The average molecular weight is 435 g/mol. The van der Waals surface area contributed by atoms with Crippen LogP contribution in [0.5, 0.6) is 0 Å². The second-order valence-electron chi connectivity index (χ2n) is 6.99. The number of aliphatic hydroxyl groups is 6. The van der Waals surface area contributed by atoms with Crippen LogP contribution in [0.1, 0.15) is 56.7 Å². The third kappa shape index (κ3) is 6.09. The highest BCUT2D eigenvalue weighted by molar-refractivity contribution is 4.89. The number of aromatic nitrogens is 3. The lowest BCUT2D eigenvalue weighted by atomic mass is 10.1. The van der Waals surface area contributed by atoms with Gasteiger partial charge in [-0.3, -0.25) is 0 Å². The van der Waals surface area contributed by atoms with Gasteiger partial charge in [0.15, 0.2) is 0 Å². The normalized spacial score (nSPS) is 11.9. The Morgan fingerprint density at radius 1 is 0.433 bits per heavy atom. The number of hydrogen-bond donors (Lipinski definition) is 6. The van der Waals surface area contributed by atoms with E-state index in [0.29, 0.717) is 0 Å². The maximum atomic E-state index is 13.2. The minimum atomic E-state index is -0.966. The molecule has 0 spiro atoms. The van der Waals surface area contributed by atoms with Crippen LogP contribution in [0.25, 0.3) is 0 Å². The topological polar surface area (TPSA) is 187 Å². The van der Waals surface area contributed by atoms with Crippen molar-refractivity contribution in [2.24, 2.45) is 0 Å². The van der Waals surface area contributed by atoms with Crippen molar-refractivity contribution in [3.05, 3.63) is 31.5 Å². The van der Waals surface area contributed by atoms with Crippen molar-refractivity contribution < 1.29 is 30.6 Å². The Balaban J connectivity index is 3.94. The molecule has 0 aliphatic heterocycles. The molecule has 12 nitrogen and oxygen atoms in total. The Kier molecular flexibility index (Phi) is 11.8. The molecular formula is C18H33N3O9. The molecule has 0 saturated carbocycles. The van der Waals surface area contributed by atoms with E-state index in [4.69, 9.17) is 0 Å². The molecule has 174 valence electrons. The van der Waals surface area contributed by atoms with E-state index in [9.17, 15) is 45.0 Å². The molecule has 0 unspecified atom stereocenters. The average Bonchev–Trinajstić information content (AvgIpc) is 2.69. The van der Waals surface area contributed by atoms with Gasteiger partial charge in [0.1, 0.15) is 0 Å². The van der Waals surface area contributed by atoms with Crippen LogP contribution in [0.3, 0.4) is 0 Å². The first-order valence-electron chi connectivity index (χ1n) is 10.1. The second-order valence-corrected chi connectivity index (χ2v) is 6.99. The zero-order valence-corrected chi connectivity index (χ0v) is 17.0. The minimum Gasteiger partial charge on any atom is -0.396 e. The van der Waals surface area contributed by atoms with Crippen molar-refractivity contribution in [1.82, 2.24) is 13.7 Å². The molecule has 0 aliphatic rings. The van der Waals surface area contributed by atoms with Crippen LogP contribution in [-0.4, -0.2) is 84.0 Å². The maximum Gasteiger partial charge on any atom is 0.336 e. The van der Waals surface area contributed by atoms with Crippen molar-refractivity contribution in [2.75, 3.05) is 39.6 Å². The molecule has 12 heteroatoms. The predicted molar refractivity (Wildman–Crippen MR) is 107 cm³/mol. The first-order valence-corrected chi connectivity index (χ1v) is 10.1. The number of rotatable bonds is 15. The van der Waals surface area contributed by atoms with Gasteiger partial charge in [0, 0.05) is 57.8 Å². The van der Waals surface area contributed by atoms with Gasteiger partial charge in [-0.25, -0.2) is 28.1 Å². The van der Waals surface area contributed by atoms with E-state index in [1.165, 1.54) is 0 Å². The summed E-state index contributed by atoms with van der Waals surface area (Å²) in [6, 6.07) is -2.69. The van der Waals surface area contributed by atoms with Crippen molar-refractivity contribution >= 4 is 0 Å². The highest BCUT2D eigenvalue weighted by Crippen LogP contribution is 2.16. The van der Waals surface area contributed by atoms with Crippen LogP contribution in [0.2, 0.25) is 0 Å². The Morgan fingerprint density at radius 2 is 0.600 bits per heavy atom. The summed E-state index contributed by atoms with van der Waals surface area (Å²) >= 11 is 0. The van der Waals surface area contributed by atoms with Gasteiger partial charge in [-0.05, 0) is 38.5 Å². The van der Waals surface area contributed by atoms with Crippen LogP contribution >= 0.6 is 0 Å². The number of hydrogen-bond acceptors (Lipinski definition) is 9. The highest BCUT2D eigenvalue weighted by Gasteiger charge is 2.28. The first kappa shape index (κ1) is 26.2. The molecule has 0 aromatic carbocycles. The van der Waals surface area contributed by atoms with Crippen molar-refractivity contribution in [3.8, 4) is 0 Å². The molecule has 0 bridgehead atoms. The predicted octanol–water partition coefficient (Wildman–Crippen LogP) is -2.91. The Bertz CT molecular complexity index is 649. The molecule has 0 radical (unpaired) electrons. The monoisotopic (exact) mass is 435 g/mol. The van der Waals surface area contributed by atoms with Crippen LogP contribution in [-0.2, 0) is 0 Å². The van der Waals surface area contributed by atoms with E-state index in [-0.39, 0.29) is 78.2 Å². The van der Waals surface area contributed by atoms with E-state index in [1.54, 1.807) is 0 Å². The maximum absolute atomic E-state index is 13.2. The fraction of sp³-hybridized carbons (Fsp3) is 0.833. The summed E-state index contributed by atoms with van der Waals surface area (Å²) in [5, 5.41) is 56.1. The molecule has 0 aliphatic carbocycles. The smallest absolute Gasteiger partial charge is 0.336 e. The molecule has 0 saturated heterocycles. The third-order valence-corrected chi connectivity index (χ3v) is 5.11. The minimum absolute atomic E-state index is 0.0246. The summed E-state index contributed by atoms with van der Waals surface area (Å²) in [6.07, 6.45) is -0.147. The lowest BCUT2D eigenvalue weighted by molar-refractivity contribution is 0.178. The van der Waals surface area contributed by atoms with Crippen molar-refractivity contribution in [1.29, 1.82) is 0 Å². The number of nitrogens with zero attached hydrogens (tertiary/aromatic N) is 3. The second kappa shape index (κ2) is 13.5. The van der Waals surface area contributed by atoms with Gasteiger partial charge in [0.25, 0.3) is 0 Å². The lowest BCUT2D eigenvalue weighted by Gasteiger charge is -2.26. The van der Waals surface area contributed by atoms with Gasteiger partial charge < -0.3 is 30.6 Å². The van der Waals surface area contributed by atoms with E-state index < -0.39 is 35.2 Å². The van der Waals surface area contributed by atoms with Gasteiger partial charge in [0.05, 0.1) is 0 Å². The molecule has 0 amide bonds. The summed E-state index contributed by atoms with van der Waals surface area (Å²) in [7, 11) is 0. The van der Waals surface area contributed by atoms with Crippen molar-refractivity contribution in [2.45, 2.75) is 56.7 Å². The summed E-state index contributed by atoms with van der Waals surface area (Å²) in [4.78, 5) is 39.5. The Morgan fingerprint density at radius 3 is 0.733 bits per heavy atom. The quantitative estimate of drug-likeness (QED) is 0.168. The van der Waals surface area contributed by atoms with E-state index in [0.717, 1.165) is 13.7 Å². The van der Waals surface area contributed by atoms with E-state index in [1.807, 2.05) is 0 Å². The van der Waals surface area contributed by atoms with E-state index in [2.05, 4.69) is 0 Å². The fourth-order valence-electron chi connectivity index (χ4n) is 3.63. The Hall–Kier alpha value is -1.83. The van der Waals surface area contributed by atoms with Crippen molar-refractivity contribution in [3.63, 3.8) is 0 Å². The fourth-order valence-corrected chi connectivity index (χ4v) is 3.63. The zero-order chi connectivity index (χ0) is 22.7. The molecule has 30 heavy (non-hydrogen) atoms. The first-order chi connectivity index (χ1) is 14.4. The van der Waals surface area contributed by atoms with Crippen LogP contribution in [0.4, 0.5) is 0 Å². The summed E-state index contributed by atoms with van der Waals surface area (Å²) in [6.45, 7) is -2.23. The van der Waals surface area contributed by atoms with Gasteiger partial charge in [-0.1, -0.05) is 0 Å². The van der Waals surface area contributed by atoms with E-state index >= 15 is 0 Å². The third-order valence-electron chi connectivity index (χ3n) is 5.11. The molecule has 0 atom stereocenters. The zero-order valence-electron chi connectivity index (χ0n) is 17.0. The molecule has 1 aromatic heterocycles. The molecular weight excluding hydrogens is 402 g/mol. The SMILES string of the molecule is O=c1n(C(CCO)CCO)c(=O)n(C(CCO)CCO)c(=O)n1C(CCO)CCO. The Labute approximate surface area is 172 Å². The summed E-state index contributed by atoms with van der Waals surface area (Å²) in [5.74, 6) is 0. The van der Waals surface area contributed by atoms with Gasteiger partial charge >= 0.3 is 17.1 Å². The molecule has 1 aromatic rings. The largest absolute Gasteiger partial charge is 0.396 e. The van der Waals surface area contributed by atoms with Gasteiger partial charge in [-0.15, -0.1) is 0 Å². The standard InChI is InChI=1S/C18H33N3O9/c22-7-1-13(2-8-23)19-16(28)20(14(3-9-24)4-10-25)18(30)21(17(19)29)15(5-11-26)6-12-27/h13-15,22-27H,1-12H2. The summed E-state index contributed by atoms with van der Waals surface area (Å²) in [5.41, 5.74) is -2.90. The van der Waals surface area contributed by atoms with Crippen LogP contribution in [0.15, 0.2) is 14.4 Å². The van der Waals surface area contributed by atoms with Gasteiger partial charge in [-0.2, -0.15) is 0 Å². The molecule has 1 rings (SSSR count). The molecule has 0 fully saturated rings. The highest BCUT2D eigenvalue weighted by atomic mass is 16.3. The van der Waals surface area contributed by atoms with Crippen LogP contribution in [0, 0.1) is 0 Å². The van der Waals surface area contributed by atoms with Gasteiger partial charge in [0.2, 0.25) is 0 Å². The molecule has 1 heterocycles. The lowest BCUT2D eigenvalue weighted by Crippen LogP contribution is -2.57. The van der Waals surface area contributed by atoms with Crippen LogP contribution < -0.4 is 17.1 Å². The molecule has 6 N–H and O–H groups in total. The number of aliphatic hydroxyl groups excluding tert-OH is 6. The summed E-state index contributed by atoms with van der Waals surface area (Å²) < 4.78 is 2.37.